The van der Waals surface area contributed by atoms with Crippen molar-refractivity contribution < 1.29 is 19.8 Å². The van der Waals surface area contributed by atoms with Gasteiger partial charge in [0.05, 0.1) is 6.61 Å². The van der Waals surface area contributed by atoms with Gasteiger partial charge in [-0.05, 0) is 46.5 Å². The number of carbonyl (C=O) groups is 2. The molecular formula is C21H20N2O4. The third kappa shape index (κ3) is 6.05. The molecule has 0 saturated carbocycles. The lowest BCUT2D eigenvalue weighted by atomic mass is 10.0. The lowest BCUT2D eigenvalue weighted by Gasteiger charge is -2.08. The SMILES string of the molecule is O=C(NCc1ccncc1)c1cccc(-c2ccc(CO)cc2)c1.O=CO. The van der Waals surface area contributed by atoms with Crippen LogP contribution in [0.5, 0.6) is 0 Å². The lowest BCUT2D eigenvalue weighted by Crippen LogP contribution is -2.22. The molecule has 0 aliphatic carbocycles. The molecule has 0 fully saturated rings. The van der Waals surface area contributed by atoms with E-state index in [1.165, 1.54) is 0 Å². The van der Waals surface area contributed by atoms with Crippen molar-refractivity contribution in [1.29, 1.82) is 0 Å². The van der Waals surface area contributed by atoms with E-state index in [2.05, 4.69) is 10.3 Å². The van der Waals surface area contributed by atoms with E-state index in [1.807, 2.05) is 54.6 Å². The molecule has 0 saturated heterocycles. The number of amides is 1. The van der Waals surface area contributed by atoms with E-state index in [-0.39, 0.29) is 19.0 Å². The first kappa shape index (κ1) is 19.8. The van der Waals surface area contributed by atoms with Gasteiger partial charge in [-0.25, -0.2) is 0 Å². The number of carboxylic acid groups (broad SMARTS) is 1. The highest BCUT2D eigenvalue weighted by atomic mass is 16.3. The maximum atomic E-state index is 12.3. The van der Waals surface area contributed by atoms with Crippen LogP contribution in [0.3, 0.4) is 0 Å². The highest BCUT2D eigenvalue weighted by molar-refractivity contribution is 5.95. The van der Waals surface area contributed by atoms with E-state index in [9.17, 15) is 4.79 Å². The van der Waals surface area contributed by atoms with Crippen LogP contribution in [0, 0.1) is 0 Å². The number of rotatable bonds is 5. The van der Waals surface area contributed by atoms with Crippen molar-refractivity contribution in [2.45, 2.75) is 13.2 Å². The van der Waals surface area contributed by atoms with Gasteiger partial charge >= 0.3 is 0 Å². The molecule has 6 heteroatoms. The number of pyridine rings is 1. The first-order valence-corrected chi connectivity index (χ1v) is 8.23. The van der Waals surface area contributed by atoms with Crippen LogP contribution in [0.25, 0.3) is 11.1 Å². The Kier molecular flexibility index (Phi) is 7.68. The molecule has 2 aromatic carbocycles. The predicted octanol–water partition coefficient (Wildman–Crippen LogP) is 2.87. The van der Waals surface area contributed by atoms with Gasteiger partial charge in [0.25, 0.3) is 12.4 Å². The average molecular weight is 364 g/mol. The Morgan fingerprint density at radius 1 is 0.963 bits per heavy atom. The monoisotopic (exact) mass is 364 g/mol. The number of hydrogen-bond acceptors (Lipinski definition) is 4. The van der Waals surface area contributed by atoms with Crippen LogP contribution < -0.4 is 5.32 Å². The Morgan fingerprint density at radius 3 is 2.26 bits per heavy atom. The van der Waals surface area contributed by atoms with Gasteiger partial charge in [-0.1, -0.05) is 36.4 Å². The van der Waals surface area contributed by atoms with Crippen molar-refractivity contribution in [3.05, 3.63) is 89.7 Å². The fourth-order valence-corrected chi connectivity index (χ4v) is 2.43. The summed E-state index contributed by atoms with van der Waals surface area (Å²) in [4.78, 5) is 24.7. The number of hydrogen-bond donors (Lipinski definition) is 3. The summed E-state index contributed by atoms with van der Waals surface area (Å²) >= 11 is 0. The van der Waals surface area contributed by atoms with E-state index in [4.69, 9.17) is 15.0 Å². The smallest absolute Gasteiger partial charge is 0.290 e. The highest BCUT2D eigenvalue weighted by Crippen LogP contribution is 2.21. The van der Waals surface area contributed by atoms with Crippen molar-refractivity contribution in [1.82, 2.24) is 10.3 Å². The van der Waals surface area contributed by atoms with E-state index < -0.39 is 0 Å². The molecule has 3 N–H and O–H groups in total. The Balaban J connectivity index is 0.000000817. The zero-order valence-corrected chi connectivity index (χ0v) is 14.6. The van der Waals surface area contributed by atoms with Crippen molar-refractivity contribution >= 4 is 12.4 Å². The second-order valence-corrected chi connectivity index (χ2v) is 5.58. The van der Waals surface area contributed by atoms with E-state index in [1.54, 1.807) is 18.5 Å². The summed E-state index contributed by atoms with van der Waals surface area (Å²) < 4.78 is 0. The molecule has 27 heavy (non-hydrogen) atoms. The topological polar surface area (TPSA) is 99.5 Å². The minimum atomic E-state index is -0.250. The summed E-state index contributed by atoms with van der Waals surface area (Å²) in [5, 5.41) is 18.9. The fourth-order valence-electron chi connectivity index (χ4n) is 2.43. The maximum absolute atomic E-state index is 12.3. The van der Waals surface area contributed by atoms with E-state index >= 15 is 0 Å². The minimum Gasteiger partial charge on any atom is -0.483 e. The molecule has 6 nitrogen and oxygen atoms in total. The molecular weight excluding hydrogens is 344 g/mol. The van der Waals surface area contributed by atoms with Crippen LogP contribution in [0.1, 0.15) is 21.5 Å². The van der Waals surface area contributed by atoms with Crippen LogP contribution in [-0.2, 0) is 17.9 Å². The van der Waals surface area contributed by atoms with Crippen molar-refractivity contribution in [3.8, 4) is 11.1 Å². The number of aliphatic hydroxyl groups excluding tert-OH is 1. The molecule has 0 atom stereocenters. The second kappa shape index (κ2) is 10.5. The molecule has 1 amide bonds. The van der Waals surface area contributed by atoms with Crippen LogP contribution >= 0.6 is 0 Å². The molecule has 3 rings (SSSR count). The first-order valence-electron chi connectivity index (χ1n) is 8.23. The Bertz CT molecular complexity index is 865. The molecule has 0 aliphatic heterocycles. The zero-order valence-electron chi connectivity index (χ0n) is 14.6. The summed E-state index contributed by atoms with van der Waals surface area (Å²) in [6, 6.07) is 18.9. The molecule has 1 heterocycles. The van der Waals surface area contributed by atoms with Crippen LogP contribution in [-0.4, -0.2) is 27.6 Å². The zero-order chi connectivity index (χ0) is 19.5. The maximum Gasteiger partial charge on any atom is 0.290 e. The van der Waals surface area contributed by atoms with Gasteiger partial charge in [-0.15, -0.1) is 0 Å². The summed E-state index contributed by atoms with van der Waals surface area (Å²) in [7, 11) is 0. The predicted molar refractivity (Wildman–Crippen MR) is 102 cm³/mol. The Morgan fingerprint density at radius 2 is 1.63 bits per heavy atom. The fraction of sp³-hybridized carbons (Fsp3) is 0.0952. The number of nitrogens with zero attached hydrogens (tertiary/aromatic N) is 1. The average Bonchev–Trinajstić information content (AvgIpc) is 2.73. The quantitative estimate of drug-likeness (QED) is 0.605. The third-order valence-electron chi connectivity index (χ3n) is 3.80. The number of aliphatic hydroxyl groups is 1. The van der Waals surface area contributed by atoms with Gasteiger partial charge < -0.3 is 15.5 Å². The molecule has 1 aromatic heterocycles. The van der Waals surface area contributed by atoms with Crippen molar-refractivity contribution in [2.75, 3.05) is 0 Å². The van der Waals surface area contributed by atoms with Gasteiger partial charge in [0.1, 0.15) is 0 Å². The third-order valence-corrected chi connectivity index (χ3v) is 3.80. The van der Waals surface area contributed by atoms with Crippen LogP contribution in [0.2, 0.25) is 0 Å². The summed E-state index contributed by atoms with van der Waals surface area (Å²) in [6.07, 6.45) is 3.41. The first-order chi connectivity index (χ1) is 13.2. The summed E-state index contributed by atoms with van der Waals surface area (Å²) in [5.74, 6) is -0.111. The van der Waals surface area contributed by atoms with Gasteiger partial charge in [-0.3, -0.25) is 14.6 Å². The molecule has 0 unspecified atom stereocenters. The number of nitrogens with one attached hydrogen (secondary N) is 1. The number of aromatic nitrogens is 1. The Hall–Kier alpha value is -3.51. The Labute approximate surface area is 157 Å². The molecule has 0 aliphatic rings. The van der Waals surface area contributed by atoms with Crippen molar-refractivity contribution in [3.63, 3.8) is 0 Å². The van der Waals surface area contributed by atoms with Gasteiger partial charge in [0, 0.05) is 24.5 Å². The van der Waals surface area contributed by atoms with Crippen LogP contribution in [0.15, 0.2) is 73.1 Å². The van der Waals surface area contributed by atoms with E-state index in [0.717, 1.165) is 22.3 Å². The molecule has 3 aromatic rings. The molecule has 138 valence electrons. The summed E-state index contributed by atoms with van der Waals surface area (Å²) in [5.41, 5.74) is 4.47. The summed E-state index contributed by atoms with van der Waals surface area (Å²) in [6.45, 7) is 0.245. The standard InChI is InChI=1S/C20H18N2O2.CH2O2/c23-14-16-4-6-17(7-5-16)18-2-1-3-19(12-18)20(24)22-13-15-8-10-21-11-9-15;2-1-3/h1-12,23H,13-14H2,(H,22,24);1H,(H,2,3). The normalized spacial score (nSPS) is 9.67. The molecule has 0 bridgehead atoms. The minimum absolute atomic E-state index is 0.0255. The second-order valence-electron chi connectivity index (χ2n) is 5.58. The largest absolute Gasteiger partial charge is 0.483 e. The number of carbonyl (C=O) groups excluding carboxylic acids is 1. The highest BCUT2D eigenvalue weighted by Gasteiger charge is 2.07. The van der Waals surface area contributed by atoms with Gasteiger partial charge in [0.2, 0.25) is 0 Å². The van der Waals surface area contributed by atoms with Crippen LogP contribution in [0.4, 0.5) is 0 Å². The van der Waals surface area contributed by atoms with E-state index in [0.29, 0.717) is 12.1 Å². The van der Waals surface area contributed by atoms with Crippen molar-refractivity contribution in [2.24, 2.45) is 0 Å². The van der Waals surface area contributed by atoms with Gasteiger partial charge in [0.15, 0.2) is 0 Å². The number of benzene rings is 2. The van der Waals surface area contributed by atoms with Gasteiger partial charge in [-0.2, -0.15) is 0 Å². The molecule has 0 radical (unpaired) electrons. The molecule has 0 spiro atoms. The lowest BCUT2D eigenvalue weighted by molar-refractivity contribution is -0.122.